The van der Waals surface area contributed by atoms with Crippen LogP contribution in [0, 0.1) is 6.92 Å². The third-order valence-electron chi connectivity index (χ3n) is 7.95. The van der Waals surface area contributed by atoms with Gasteiger partial charge in [-0.2, -0.15) is 9.97 Å². The highest BCUT2D eigenvalue weighted by atomic mass is 16.5. The Morgan fingerprint density at radius 1 is 0.733 bits per heavy atom. The smallest absolute Gasteiger partial charge is 0.323 e. The maximum atomic E-state index is 12.7. The summed E-state index contributed by atoms with van der Waals surface area (Å²) in [6.07, 6.45) is 2.46. The standard InChI is InChI=1S/C34H38N8O3/c1-24-4-6-25(7-5-24)30-38-31(40-33(39-30)42-20-22-45-23-21-42)26-8-12-28(13-9-26)36-34(44)37-29-14-10-27(11-15-29)32(43)35-16-19-41-17-2-3-18-41/h4-15H,2-3,16-23H2,1H3,(H,35,43)(H2,36,37,44). The summed E-state index contributed by atoms with van der Waals surface area (Å²) in [4.78, 5) is 44.0. The van der Waals surface area contributed by atoms with Crippen LogP contribution >= 0.6 is 0 Å². The van der Waals surface area contributed by atoms with Crippen LogP contribution in [0.2, 0.25) is 0 Å². The molecular weight excluding hydrogens is 568 g/mol. The van der Waals surface area contributed by atoms with Crippen LogP contribution in [-0.2, 0) is 4.74 Å². The van der Waals surface area contributed by atoms with Gasteiger partial charge < -0.3 is 30.5 Å². The van der Waals surface area contributed by atoms with Gasteiger partial charge in [0.15, 0.2) is 11.6 Å². The lowest BCUT2D eigenvalue weighted by atomic mass is 10.1. The molecule has 45 heavy (non-hydrogen) atoms. The van der Waals surface area contributed by atoms with Gasteiger partial charge in [-0.1, -0.05) is 29.8 Å². The lowest BCUT2D eigenvalue weighted by molar-refractivity contribution is 0.0949. The molecule has 3 aromatic carbocycles. The summed E-state index contributed by atoms with van der Waals surface area (Å²) in [7, 11) is 0. The Hall–Kier alpha value is -4.87. The van der Waals surface area contributed by atoms with Crippen molar-refractivity contribution in [1.29, 1.82) is 0 Å². The van der Waals surface area contributed by atoms with E-state index in [4.69, 9.17) is 19.7 Å². The number of nitrogens with zero attached hydrogens (tertiary/aromatic N) is 5. The molecule has 1 aromatic heterocycles. The van der Waals surface area contributed by atoms with Crippen LogP contribution in [0.4, 0.5) is 22.1 Å². The molecule has 0 bridgehead atoms. The zero-order valence-electron chi connectivity index (χ0n) is 25.5. The predicted octanol–water partition coefficient (Wildman–Crippen LogP) is 4.82. The van der Waals surface area contributed by atoms with Crippen molar-refractivity contribution >= 4 is 29.3 Å². The van der Waals surface area contributed by atoms with Crippen molar-refractivity contribution in [3.05, 3.63) is 83.9 Å². The maximum absolute atomic E-state index is 12.7. The summed E-state index contributed by atoms with van der Waals surface area (Å²) in [6.45, 7) is 8.42. The third-order valence-corrected chi connectivity index (χ3v) is 7.95. The van der Waals surface area contributed by atoms with E-state index < -0.39 is 0 Å². The molecule has 232 valence electrons. The molecule has 0 radical (unpaired) electrons. The number of hydrogen-bond donors (Lipinski definition) is 3. The average Bonchev–Trinajstić information content (AvgIpc) is 3.59. The van der Waals surface area contributed by atoms with E-state index >= 15 is 0 Å². The first-order chi connectivity index (χ1) is 22.0. The number of aryl methyl sites for hydroxylation is 1. The minimum Gasteiger partial charge on any atom is -0.378 e. The molecular formula is C34H38N8O3. The summed E-state index contributed by atoms with van der Waals surface area (Å²) in [5.74, 6) is 1.66. The molecule has 3 amide bonds. The number of carbonyl (C=O) groups excluding carboxylic acids is 2. The predicted molar refractivity (Wildman–Crippen MR) is 176 cm³/mol. The van der Waals surface area contributed by atoms with E-state index in [0.29, 0.717) is 67.4 Å². The Morgan fingerprint density at radius 3 is 1.89 bits per heavy atom. The zero-order valence-corrected chi connectivity index (χ0v) is 25.5. The van der Waals surface area contributed by atoms with Crippen LogP contribution in [0.3, 0.4) is 0 Å². The van der Waals surface area contributed by atoms with E-state index in [1.54, 1.807) is 24.3 Å². The number of morpholine rings is 1. The molecule has 2 aliphatic heterocycles. The molecule has 2 aliphatic rings. The van der Waals surface area contributed by atoms with Crippen LogP contribution in [0.1, 0.15) is 28.8 Å². The van der Waals surface area contributed by atoms with E-state index in [0.717, 1.165) is 36.3 Å². The molecule has 6 rings (SSSR count). The fraction of sp³-hybridized carbons (Fsp3) is 0.324. The number of aromatic nitrogens is 3. The molecule has 0 saturated carbocycles. The quantitative estimate of drug-likeness (QED) is 0.248. The largest absolute Gasteiger partial charge is 0.378 e. The Kier molecular flexibility index (Phi) is 9.57. The first-order valence-corrected chi connectivity index (χ1v) is 15.4. The number of benzene rings is 3. The SMILES string of the molecule is Cc1ccc(-c2nc(-c3ccc(NC(=O)Nc4ccc(C(=O)NCCN5CCCC5)cc4)cc3)nc(N3CCOCC3)n2)cc1. The van der Waals surface area contributed by atoms with Gasteiger partial charge in [0.2, 0.25) is 5.95 Å². The Morgan fingerprint density at radius 2 is 1.29 bits per heavy atom. The first kappa shape index (κ1) is 30.2. The number of urea groups is 1. The number of carbonyl (C=O) groups is 2. The lowest BCUT2D eigenvalue weighted by Crippen LogP contribution is -2.37. The molecule has 4 aromatic rings. The van der Waals surface area contributed by atoms with Gasteiger partial charge in [0, 0.05) is 54.2 Å². The summed E-state index contributed by atoms with van der Waals surface area (Å²) in [5.41, 5.74) is 4.64. The molecule has 0 aliphatic carbocycles. The molecule has 2 fully saturated rings. The molecule has 3 heterocycles. The highest BCUT2D eigenvalue weighted by Gasteiger charge is 2.18. The van der Waals surface area contributed by atoms with Gasteiger partial charge in [-0.05, 0) is 81.4 Å². The van der Waals surface area contributed by atoms with Crippen LogP contribution in [-0.4, -0.2) is 84.3 Å². The fourth-order valence-electron chi connectivity index (χ4n) is 5.37. The third kappa shape index (κ3) is 8.00. The van der Waals surface area contributed by atoms with E-state index in [-0.39, 0.29) is 11.9 Å². The van der Waals surface area contributed by atoms with Crippen molar-refractivity contribution in [2.24, 2.45) is 0 Å². The van der Waals surface area contributed by atoms with Crippen LogP contribution in [0.5, 0.6) is 0 Å². The average molecular weight is 607 g/mol. The second-order valence-corrected chi connectivity index (χ2v) is 11.3. The zero-order chi connectivity index (χ0) is 31.0. The topological polar surface area (TPSA) is 125 Å². The highest BCUT2D eigenvalue weighted by molar-refractivity contribution is 6.00. The Labute approximate surface area is 263 Å². The molecule has 3 N–H and O–H groups in total. The Balaban J connectivity index is 1.08. The van der Waals surface area contributed by atoms with Gasteiger partial charge in [0.1, 0.15) is 0 Å². The van der Waals surface area contributed by atoms with Crippen LogP contribution in [0.15, 0.2) is 72.8 Å². The lowest BCUT2D eigenvalue weighted by Gasteiger charge is -2.27. The summed E-state index contributed by atoms with van der Waals surface area (Å²) in [5, 5.41) is 8.64. The molecule has 0 unspecified atom stereocenters. The molecule has 0 atom stereocenters. The Bertz CT molecular complexity index is 1600. The van der Waals surface area contributed by atoms with Gasteiger partial charge in [-0.15, -0.1) is 0 Å². The summed E-state index contributed by atoms with van der Waals surface area (Å²) < 4.78 is 5.52. The molecule has 11 nitrogen and oxygen atoms in total. The van der Waals surface area contributed by atoms with Crippen molar-refractivity contribution in [1.82, 2.24) is 25.2 Å². The van der Waals surface area contributed by atoms with E-state index in [9.17, 15) is 9.59 Å². The molecule has 0 spiro atoms. The number of likely N-dealkylation sites (tertiary alicyclic amines) is 1. The number of ether oxygens (including phenoxy) is 1. The van der Waals surface area contributed by atoms with Crippen molar-refractivity contribution < 1.29 is 14.3 Å². The number of anilines is 3. The van der Waals surface area contributed by atoms with Crippen molar-refractivity contribution in [2.75, 3.05) is 68.0 Å². The fourth-order valence-corrected chi connectivity index (χ4v) is 5.37. The van der Waals surface area contributed by atoms with Gasteiger partial charge in [-0.25, -0.2) is 9.78 Å². The van der Waals surface area contributed by atoms with Gasteiger partial charge >= 0.3 is 6.03 Å². The van der Waals surface area contributed by atoms with E-state index in [1.807, 2.05) is 55.5 Å². The minimum absolute atomic E-state index is 0.119. The summed E-state index contributed by atoms with van der Waals surface area (Å²) >= 11 is 0. The number of amides is 3. The second kappa shape index (κ2) is 14.3. The molecule has 2 saturated heterocycles. The normalized spacial score (nSPS) is 15.1. The summed E-state index contributed by atoms with van der Waals surface area (Å²) in [6, 6.07) is 22.0. The second-order valence-electron chi connectivity index (χ2n) is 11.3. The van der Waals surface area contributed by atoms with Crippen LogP contribution in [0.25, 0.3) is 22.8 Å². The van der Waals surface area contributed by atoms with Gasteiger partial charge in [0.05, 0.1) is 13.2 Å². The van der Waals surface area contributed by atoms with Crippen molar-refractivity contribution in [3.63, 3.8) is 0 Å². The number of hydrogen-bond acceptors (Lipinski definition) is 8. The highest BCUT2D eigenvalue weighted by Crippen LogP contribution is 2.25. The number of nitrogens with one attached hydrogen (secondary N) is 3. The number of rotatable bonds is 9. The minimum atomic E-state index is -0.387. The van der Waals surface area contributed by atoms with E-state index in [1.165, 1.54) is 12.8 Å². The van der Waals surface area contributed by atoms with Crippen molar-refractivity contribution in [2.45, 2.75) is 19.8 Å². The van der Waals surface area contributed by atoms with Gasteiger partial charge in [0.25, 0.3) is 5.91 Å². The van der Waals surface area contributed by atoms with Gasteiger partial charge in [-0.3, -0.25) is 4.79 Å². The van der Waals surface area contributed by atoms with Crippen LogP contribution < -0.4 is 20.9 Å². The monoisotopic (exact) mass is 606 g/mol. The molecule has 11 heteroatoms. The maximum Gasteiger partial charge on any atom is 0.323 e. The van der Waals surface area contributed by atoms with Crippen molar-refractivity contribution in [3.8, 4) is 22.8 Å². The first-order valence-electron chi connectivity index (χ1n) is 15.4. The van der Waals surface area contributed by atoms with E-state index in [2.05, 4.69) is 25.8 Å².